The van der Waals surface area contributed by atoms with Crippen LogP contribution in [0.2, 0.25) is 0 Å². The molecule has 3 rings (SSSR count). The second-order valence-electron chi connectivity index (χ2n) is 5.95. The zero-order valence-corrected chi connectivity index (χ0v) is 14.7. The van der Waals surface area contributed by atoms with Gasteiger partial charge in [-0.25, -0.2) is 9.78 Å². The average Bonchev–Trinajstić information content (AvgIpc) is 3.31. The Kier molecular flexibility index (Phi) is 5.15. The monoisotopic (exact) mass is 360 g/mol. The summed E-state index contributed by atoms with van der Waals surface area (Å²) in [6, 6.07) is 8.75. The standard InChI is InChI=1S/C18H20N2O4S/c1-2-18(17(22)23,12-7-4-3-5-8-12)20-15(21)14-11-19-16(25-14)13-9-6-10-24-13/h3-5,7-8,11,13H,2,6,9-10H2,1H3,(H,20,21)(H,22,23). The van der Waals surface area contributed by atoms with Crippen LogP contribution in [-0.4, -0.2) is 28.6 Å². The van der Waals surface area contributed by atoms with Crippen molar-refractivity contribution in [2.75, 3.05) is 6.61 Å². The third kappa shape index (κ3) is 3.43. The highest BCUT2D eigenvalue weighted by molar-refractivity contribution is 7.13. The van der Waals surface area contributed by atoms with Gasteiger partial charge in [0, 0.05) is 6.61 Å². The Morgan fingerprint density at radius 1 is 1.40 bits per heavy atom. The largest absolute Gasteiger partial charge is 0.479 e. The highest BCUT2D eigenvalue weighted by Gasteiger charge is 2.40. The third-order valence-corrected chi connectivity index (χ3v) is 5.53. The summed E-state index contributed by atoms with van der Waals surface area (Å²) in [6.45, 7) is 2.45. The molecular formula is C18H20N2O4S. The number of rotatable bonds is 6. The molecule has 1 aromatic heterocycles. The minimum absolute atomic E-state index is 0.0592. The van der Waals surface area contributed by atoms with Crippen molar-refractivity contribution in [2.24, 2.45) is 0 Å². The fraction of sp³-hybridized carbons (Fsp3) is 0.389. The molecule has 0 radical (unpaired) electrons. The Bertz CT molecular complexity index is 755. The molecule has 7 heteroatoms. The van der Waals surface area contributed by atoms with Gasteiger partial charge in [-0.2, -0.15) is 0 Å². The molecule has 1 aliphatic heterocycles. The first-order chi connectivity index (χ1) is 12.1. The van der Waals surface area contributed by atoms with Crippen molar-refractivity contribution in [3.63, 3.8) is 0 Å². The van der Waals surface area contributed by atoms with Gasteiger partial charge in [0.2, 0.25) is 0 Å². The van der Waals surface area contributed by atoms with E-state index in [0.29, 0.717) is 17.0 Å². The van der Waals surface area contributed by atoms with E-state index in [1.165, 1.54) is 17.5 Å². The smallest absolute Gasteiger partial charge is 0.334 e. The minimum Gasteiger partial charge on any atom is -0.479 e. The zero-order chi connectivity index (χ0) is 17.9. The first-order valence-electron chi connectivity index (χ1n) is 8.25. The third-order valence-electron chi connectivity index (χ3n) is 4.44. The van der Waals surface area contributed by atoms with Crippen molar-refractivity contribution in [3.8, 4) is 0 Å². The molecule has 0 saturated carbocycles. The molecule has 1 aliphatic rings. The van der Waals surface area contributed by atoms with E-state index in [1.54, 1.807) is 31.2 Å². The number of nitrogens with one attached hydrogen (secondary N) is 1. The van der Waals surface area contributed by atoms with Gasteiger partial charge in [0.1, 0.15) is 16.0 Å². The van der Waals surface area contributed by atoms with Crippen LogP contribution in [0.1, 0.15) is 52.5 Å². The van der Waals surface area contributed by atoms with E-state index < -0.39 is 17.4 Å². The fourth-order valence-corrected chi connectivity index (χ4v) is 3.88. The van der Waals surface area contributed by atoms with Crippen molar-refractivity contribution in [1.82, 2.24) is 10.3 Å². The molecule has 2 unspecified atom stereocenters. The second-order valence-corrected chi connectivity index (χ2v) is 7.01. The number of aliphatic carboxylic acids is 1. The zero-order valence-electron chi connectivity index (χ0n) is 13.9. The predicted octanol–water partition coefficient (Wildman–Crippen LogP) is 3.11. The normalized spacial score (nSPS) is 19.3. The van der Waals surface area contributed by atoms with E-state index >= 15 is 0 Å². The Balaban J connectivity index is 1.84. The number of aromatic nitrogens is 1. The lowest BCUT2D eigenvalue weighted by Gasteiger charge is -2.29. The van der Waals surface area contributed by atoms with Crippen molar-refractivity contribution in [1.29, 1.82) is 0 Å². The van der Waals surface area contributed by atoms with Crippen molar-refractivity contribution in [3.05, 3.63) is 52.0 Å². The summed E-state index contributed by atoms with van der Waals surface area (Å²) in [6.07, 6.45) is 3.54. The van der Waals surface area contributed by atoms with Crippen LogP contribution in [0.3, 0.4) is 0 Å². The van der Waals surface area contributed by atoms with Crippen molar-refractivity contribution in [2.45, 2.75) is 37.8 Å². The molecule has 2 heterocycles. The van der Waals surface area contributed by atoms with E-state index in [9.17, 15) is 14.7 Å². The van der Waals surface area contributed by atoms with Crippen LogP contribution in [0.4, 0.5) is 0 Å². The van der Waals surface area contributed by atoms with E-state index in [0.717, 1.165) is 17.8 Å². The summed E-state index contributed by atoms with van der Waals surface area (Å²) in [5, 5.41) is 13.3. The number of carbonyl (C=O) groups is 2. The molecule has 132 valence electrons. The van der Waals surface area contributed by atoms with Gasteiger partial charge in [-0.15, -0.1) is 11.3 Å². The van der Waals surface area contributed by atoms with Gasteiger partial charge in [0.05, 0.1) is 6.20 Å². The molecule has 2 aromatic rings. The van der Waals surface area contributed by atoms with E-state index in [4.69, 9.17) is 4.74 Å². The molecule has 2 N–H and O–H groups in total. The van der Waals surface area contributed by atoms with Gasteiger partial charge in [0.15, 0.2) is 5.54 Å². The average molecular weight is 360 g/mol. The number of benzene rings is 1. The summed E-state index contributed by atoms with van der Waals surface area (Å²) in [7, 11) is 0. The Morgan fingerprint density at radius 2 is 2.16 bits per heavy atom. The van der Waals surface area contributed by atoms with Gasteiger partial charge in [-0.1, -0.05) is 37.3 Å². The van der Waals surface area contributed by atoms with Gasteiger partial charge in [-0.05, 0) is 24.8 Å². The van der Waals surface area contributed by atoms with Crippen LogP contribution >= 0.6 is 11.3 Å². The first kappa shape index (κ1) is 17.6. The highest BCUT2D eigenvalue weighted by Crippen LogP contribution is 2.32. The molecule has 1 saturated heterocycles. The molecule has 1 amide bonds. The lowest BCUT2D eigenvalue weighted by atomic mass is 9.87. The molecule has 0 aliphatic carbocycles. The predicted molar refractivity (Wildman–Crippen MR) is 93.6 cm³/mol. The Morgan fingerprint density at radius 3 is 2.76 bits per heavy atom. The number of carbonyl (C=O) groups excluding carboxylic acids is 1. The minimum atomic E-state index is -1.47. The topological polar surface area (TPSA) is 88.5 Å². The summed E-state index contributed by atoms with van der Waals surface area (Å²) in [4.78, 5) is 29.3. The molecule has 25 heavy (non-hydrogen) atoms. The molecule has 1 aromatic carbocycles. The van der Waals surface area contributed by atoms with E-state index in [-0.39, 0.29) is 12.5 Å². The van der Waals surface area contributed by atoms with E-state index in [1.807, 2.05) is 6.07 Å². The van der Waals surface area contributed by atoms with Crippen LogP contribution in [0.5, 0.6) is 0 Å². The number of thiazole rings is 1. The van der Waals surface area contributed by atoms with Gasteiger partial charge in [0.25, 0.3) is 5.91 Å². The van der Waals surface area contributed by atoms with Crippen molar-refractivity contribution >= 4 is 23.2 Å². The second kappa shape index (κ2) is 7.33. The molecular weight excluding hydrogens is 340 g/mol. The Hall–Kier alpha value is -2.25. The first-order valence-corrected chi connectivity index (χ1v) is 9.07. The van der Waals surface area contributed by atoms with E-state index in [2.05, 4.69) is 10.3 Å². The number of amides is 1. The van der Waals surface area contributed by atoms with Crippen LogP contribution < -0.4 is 5.32 Å². The number of ether oxygens (including phenoxy) is 1. The molecule has 0 bridgehead atoms. The molecule has 6 nitrogen and oxygen atoms in total. The summed E-state index contributed by atoms with van der Waals surface area (Å²) in [5.41, 5.74) is -0.922. The van der Waals surface area contributed by atoms with Crippen LogP contribution in [0, 0.1) is 0 Å². The van der Waals surface area contributed by atoms with Crippen LogP contribution in [0.25, 0.3) is 0 Å². The number of carboxylic acid groups (broad SMARTS) is 1. The molecule has 1 fully saturated rings. The lowest BCUT2D eigenvalue weighted by molar-refractivity contribution is -0.145. The van der Waals surface area contributed by atoms with Gasteiger partial charge < -0.3 is 15.2 Å². The van der Waals surface area contributed by atoms with Crippen molar-refractivity contribution < 1.29 is 19.4 Å². The summed E-state index contributed by atoms with van der Waals surface area (Å²) < 4.78 is 5.58. The summed E-state index contributed by atoms with van der Waals surface area (Å²) >= 11 is 1.26. The highest BCUT2D eigenvalue weighted by atomic mass is 32.1. The fourth-order valence-electron chi connectivity index (χ4n) is 2.98. The van der Waals surface area contributed by atoms with Crippen LogP contribution in [0.15, 0.2) is 36.5 Å². The summed E-state index contributed by atoms with van der Waals surface area (Å²) in [5.74, 6) is -1.52. The Labute approximate surface area is 149 Å². The van der Waals surface area contributed by atoms with Gasteiger partial charge >= 0.3 is 5.97 Å². The number of hydrogen-bond donors (Lipinski definition) is 2. The lowest BCUT2D eigenvalue weighted by Crippen LogP contribution is -2.51. The number of hydrogen-bond acceptors (Lipinski definition) is 5. The molecule has 0 spiro atoms. The molecule has 2 atom stereocenters. The SMILES string of the molecule is CCC(NC(=O)c1cnc(C2CCCO2)s1)(C(=O)O)c1ccccc1. The quantitative estimate of drug-likeness (QED) is 0.826. The number of carboxylic acids is 1. The number of nitrogens with zero attached hydrogens (tertiary/aromatic N) is 1. The maximum absolute atomic E-state index is 12.7. The van der Waals surface area contributed by atoms with Crippen LogP contribution in [-0.2, 0) is 15.1 Å². The maximum Gasteiger partial charge on any atom is 0.334 e. The van der Waals surface area contributed by atoms with Gasteiger partial charge in [-0.3, -0.25) is 4.79 Å². The maximum atomic E-state index is 12.7.